The highest BCUT2D eigenvalue weighted by atomic mass is 35.5. The standard InChI is InChI=1S/C13H17ClN2O3/c1-13(2,7-15)12(17)16-9-6-11-10(5-8(9)14)18-3-4-19-11/h5-6H,3-4,7,15H2,1-2H3,(H,16,17). The second-order valence-electron chi connectivity index (χ2n) is 5.02. The van der Waals surface area contributed by atoms with Gasteiger partial charge in [0.1, 0.15) is 13.2 Å². The number of hydrogen-bond donors (Lipinski definition) is 2. The van der Waals surface area contributed by atoms with Crippen LogP contribution in [0.3, 0.4) is 0 Å². The molecule has 3 N–H and O–H groups in total. The van der Waals surface area contributed by atoms with Crippen LogP contribution in [-0.4, -0.2) is 25.7 Å². The van der Waals surface area contributed by atoms with Gasteiger partial charge in [-0.15, -0.1) is 0 Å². The Hall–Kier alpha value is -1.46. The van der Waals surface area contributed by atoms with Gasteiger partial charge in [-0.1, -0.05) is 11.6 Å². The molecule has 0 atom stereocenters. The molecule has 0 fully saturated rings. The molecule has 1 amide bonds. The van der Waals surface area contributed by atoms with Crippen molar-refractivity contribution in [3.63, 3.8) is 0 Å². The molecule has 19 heavy (non-hydrogen) atoms. The molecule has 2 rings (SSSR count). The van der Waals surface area contributed by atoms with Gasteiger partial charge in [0.15, 0.2) is 11.5 Å². The van der Waals surface area contributed by atoms with E-state index in [2.05, 4.69) is 5.32 Å². The predicted octanol–water partition coefficient (Wildman–Crippen LogP) is 2.03. The number of nitrogens with one attached hydrogen (secondary N) is 1. The maximum Gasteiger partial charge on any atom is 0.231 e. The van der Waals surface area contributed by atoms with E-state index in [1.165, 1.54) is 0 Å². The van der Waals surface area contributed by atoms with Crippen molar-refractivity contribution >= 4 is 23.2 Å². The summed E-state index contributed by atoms with van der Waals surface area (Å²) in [6.07, 6.45) is 0. The maximum absolute atomic E-state index is 12.1. The van der Waals surface area contributed by atoms with Gasteiger partial charge in [-0.2, -0.15) is 0 Å². The van der Waals surface area contributed by atoms with Crippen molar-refractivity contribution < 1.29 is 14.3 Å². The minimum atomic E-state index is -0.656. The molecule has 0 aliphatic carbocycles. The van der Waals surface area contributed by atoms with Crippen LogP contribution < -0.4 is 20.5 Å². The number of rotatable bonds is 3. The van der Waals surface area contributed by atoms with Crippen LogP contribution in [0.2, 0.25) is 5.02 Å². The van der Waals surface area contributed by atoms with Gasteiger partial charge in [0.25, 0.3) is 0 Å². The fourth-order valence-corrected chi connectivity index (χ4v) is 1.74. The van der Waals surface area contributed by atoms with Gasteiger partial charge in [0.2, 0.25) is 5.91 Å². The van der Waals surface area contributed by atoms with Crippen molar-refractivity contribution in [3.8, 4) is 11.5 Å². The van der Waals surface area contributed by atoms with E-state index in [0.29, 0.717) is 35.4 Å². The zero-order chi connectivity index (χ0) is 14.0. The first kappa shape index (κ1) is 14.0. The summed E-state index contributed by atoms with van der Waals surface area (Å²) < 4.78 is 10.9. The predicted molar refractivity (Wildman–Crippen MR) is 73.9 cm³/mol. The third-order valence-electron chi connectivity index (χ3n) is 3.01. The Morgan fingerprint density at radius 3 is 2.53 bits per heavy atom. The minimum Gasteiger partial charge on any atom is -0.486 e. The molecule has 0 saturated carbocycles. The van der Waals surface area contributed by atoms with Crippen LogP contribution in [0.1, 0.15) is 13.8 Å². The van der Waals surface area contributed by atoms with Crippen molar-refractivity contribution in [1.82, 2.24) is 0 Å². The molecule has 0 aromatic heterocycles. The van der Waals surface area contributed by atoms with Crippen LogP contribution in [0.5, 0.6) is 11.5 Å². The summed E-state index contributed by atoms with van der Waals surface area (Å²) in [5, 5.41) is 3.17. The smallest absolute Gasteiger partial charge is 0.231 e. The molecular formula is C13H17ClN2O3. The lowest BCUT2D eigenvalue weighted by Gasteiger charge is -2.23. The summed E-state index contributed by atoms with van der Waals surface area (Å²) >= 11 is 6.12. The number of carbonyl (C=O) groups excluding carboxylic acids is 1. The Morgan fingerprint density at radius 1 is 1.37 bits per heavy atom. The molecule has 5 nitrogen and oxygen atoms in total. The maximum atomic E-state index is 12.1. The zero-order valence-corrected chi connectivity index (χ0v) is 11.7. The summed E-state index contributed by atoms with van der Waals surface area (Å²) in [7, 11) is 0. The van der Waals surface area contributed by atoms with Gasteiger partial charge >= 0.3 is 0 Å². The van der Waals surface area contributed by atoms with Crippen LogP contribution >= 0.6 is 11.6 Å². The highest BCUT2D eigenvalue weighted by molar-refractivity contribution is 6.34. The lowest BCUT2D eigenvalue weighted by molar-refractivity contribution is -0.123. The molecule has 1 aromatic carbocycles. The fraction of sp³-hybridized carbons (Fsp3) is 0.462. The van der Waals surface area contributed by atoms with Crippen LogP contribution in [0.25, 0.3) is 0 Å². The van der Waals surface area contributed by atoms with Gasteiger partial charge < -0.3 is 20.5 Å². The normalized spacial score (nSPS) is 14.1. The largest absolute Gasteiger partial charge is 0.486 e. The second-order valence-corrected chi connectivity index (χ2v) is 5.43. The van der Waals surface area contributed by atoms with Crippen molar-refractivity contribution in [3.05, 3.63) is 17.2 Å². The van der Waals surface area contributed by atoms with E-state index in [4.69, 9.17) is 26.8 Å². The van der Waals surface area contributed by atoms with Crippen LogP contribution in [-0.2, 0) is 4.79 Å². The SMILES string of the molecule is CC(C)(CN)C(=O)Nc1cc2c(cc1Cl)OCCO2. The number of fused-ring (bicyclic) bond motifs is 1. The quantitative estimate of drug-likeness (QED) is 0.891. The first-order valence-electron chi connectivity index (χ1n) is 6.05. The molecule has 6 heteroatoms. The Labute approximate surface area is 117 Å². The van der Waals surface area contributed by atoms with Crippen LogP contribution in [0.4, 0.5) is 5.69 Å². The first-order valence-corrected chi connectivity index (χ1v) is 6.42. The number of amides is 1. The van der Waals surface area contributed by atoms with Crippen molar-refractivity contribution in [2.75, 3.05) is 25.1 Å². The summed E-state index contributed by atoms with van der Waals surface area (Å²) in [5.74, 6) is 0.984. The topological polar surface area (TPSA) is 73.6 Å². The number of carbonyl (C=O) groups is 1. The summed E-state index contributed by atoms with van der Waals surface area (Å²) in [4.78, 5) is 12.1. The molecular weight excluding hydrogens is 268 g/mol. The molecule has 0 radical (unpaired) electrons. The van der Waals surface area contributed by atoms with Crippen LogP contribution in [0, 0.1) is 5.41 Å². The molecule has 0 unspecified atom stereocenters. The zero-order valence-electron chi connectivity index (χ0n) is 11.0. The van der Waals surface area contributed by atoms with E-state index >= 15 is 0 Å². The van der Waals surface area contributed by atoms with Gasteiger partial charge in [-0.05, 0) is 13.8 Å². The first-order chi connectivity index (χ1) is 8.94. The van der Waals surface area contributed by atoms with E-state index in [1.807, 2.05) is 0 Å². The number of nitrogens with two attached hydrogens (primary N) is 1. The molecule has 1 heterocycles. The lowest BCUT2D eigenvalue weighted by Crippen LogP contribution is -2.37. The summed E-state index contributed by atoms with van der Waals surface area (Å²) in [5.41, 5.74) is 5.41. The van der Waals surface area contributed by atoms with Gasteiger partial charge in [0, 0.05) is 18.7 Å². The Kier molecular flexibility index (Phi) is 3.87. The molecule has 1 aliphatic rings. The third kappa shape index (κ3) is 2.93. The van der Waals surface area contributed by atoms with E-state index < -0.39 is 5.41 Å². The highest BCUT2D eigenvalue weighted by Gasteiger charge is 2.27. The molecule has 0 spiro atoms. The third-order valence-corrected chi connectivity index (χ3v) is 3.32. The monoisotopic (exact) mass is 284 g/mol. The van der Waals surface area contributed by atoms with Gasteiger partial charge in [0.05, 0.1) is 16.1 Å². The van der Waals surface area contributed by atoms with E-state index in [0.717, 1.165) is 0 Å². The van der Waals surface area contributed by atoms with E-state index in [9.17, 15) is 4.79 Å². The molecule has 104 valence electrons. The van der Waals surface area contributed by atoms with E-state index in [-0.39, 0.29) is 12.5 Å². The molecule has 1 aromatic rings. The average Bonchev–Trinajstić information content (AvgIpc) is 2.39. The number of halogens is 1. The minimum absolute atomic E-state index is 0.187. The molecule has 0 saturated heterocycles. The Bertz CT molecular complexity index is 503. The molecule has 1 aliphatic heterocycles. The number of anilines is 1. The van der Waals surface area contributed by atoms with Crippen LogP contribution in [0.15, 0.2) is 12.1 Å². The van der Waals surface area contributed by atoms with Gasteiger partial charge in [-0.25, -0.2) is 0 Å². The molecule has 0 bridgehead atoms. The number of hydrogen-bond acceptors (Lipinski definition) is 4. The lowest BCUT2D eigenvalue weighted by atomic mass is 9.92. The van der Waals surface area contributed by atoms with Crippen molar-refractivity contribution in [2.45, 2.75) is 13.8 Å². The summed E-state index contributed by atoms with van der Waals surface area (Å²) in [6.45, 7) is 4.77. The highest BCUT2D eigenvalue weighted by Crippen LogP contribution is 2.38. The van der Waals surface area contributed by atoms with Gasteiger partial charge in [-0.3, -0.25) is 4.79 Å². The second kappa shape index (κ2) is 5.27. The van der Waals surface area contributed by atoms with Crippen molar-refractivity contribution in [2.24, 2.45) is 11.1 Å². The van der Waals surface area contributed by atoms with Crippen molar-refractivity contribution in [1.29, 1.82) is 0 Å². The number of benzene rings is 1. The van der Waals surface area contributed by atoms with E-state index in [1.54, 1.807) is 26.0 Å². The fourth-order valence-electron chi connectivity index (χ4n) is 1.54. The number of ether oxygens (including phenoxy) is 2. The Morgan fingerprint density at radius 2 is 1.95 bits per heavy atom. The summed E-state index contributed by atoms with van der Waals surface area (Å²) in [6, 6.07) is 3.31. The Balaban J connectivity index is 2.24. The average molecular weight is 285 g/mol.